The van der Waals surface area contributed by atoms with E-state index in [-0.39, 0.29) is 17.0 Å². The molecule has 0 unspecified atom stereocenters. The van der Waals surface area contributed by atoms with Crippen LogP contribution in [-0.4, -0.2) is 29.6 Å². The molecule has 22 heavy (non-hydrogen) atoms. The van der Waals surface area contributed by atoms with Crippen molar-refractivity contribution >= 4 is 29.0 Å². The molecule has 1 fully saturated rings. The second-order valence-electron chi connectivity index (χ2n) is 5.31. The lowest BCUT2D eigenvalue weighted by molar-refractivity contribution is -0.130. The number of hydrogen-bond acceptors (Lipinski definition) is 3. The van der Waals surface area contributed by atoms with Crippen molar-refractivity contribution in [3.8, 4) is 0 Å². The summed E-state index contributed by atoms with van der Waals surface area (Å²) in [5, 5.41) is 2.13. The molecule has 0 bridgehead atoms. The van der Waals surface area contributed by atoms with E-state index in [0.29, 0.717) is 13.0 Å². The molecular formula is C17H18FNOS2. The molecule has 2 nitrogen and oxygen atoms in total. The Morgan fingerprint density at radius 2 is 2.09 bits per heavy atom. The third kappa shape index (κ3) is 3.70. The Morgan fingerprint density at radius 3 is 2.86 bits per heavy atom. The second kappa shape index (κ2) is 7.29. The van der Waals surface area contributed by atoms with Crippen LogP contribution in [0, 0.1) is 5.82 Å². The van der Waals surface area contributed by atoms with Gasteiger partial charge in [0.2, 0.25) is 5.91 Å². The number of carbonyl (C=O) groups excluding carboxylic acids is 1. The van der Waals surface area contributed by atoms with Gasteiger partial charge < -0.3 is 4.90 Å². The van der Waals surface area contributed by atoms with E-state index < -0.39 is 0 Å². The van der Waals surface area contributed by atoms with Gasteiger partial charge in [0.15, 0.2) is 0 Å². The second-order valence-corrected chi connectivity index (χ2v) is 7.65. The summed E-state index contributed by atoms with van der Waals surface area (Å²) in [7, 11) is 0. The number of halogens is 1. The summed E-state index contributed by atoms with van der Waals surface area (Å²) in [6.07, 6.45) is 1.29. The number of rotatable bonds is 3. The van der Waals surface area contributed by atoms with E-state index in [2.05, 4.69) is 0 Å². The maximum absolute atomic E-state index is 13.9. The minimum absolute atomic E-state index is 0.140. The molecule has 1 aromatic heterocycles. The van der Waals surface area contributed by atoms with Crippen LogP contribution in [0.4, 0.5) is 4.39 Å². The number of amides is 1. The van der Waals surface area contributed by atoms with Gasteiger partial charge >= 0.3 is 0 Å². The summed E-state index contributed by atoms with van der Waals surface area (Å²) in [5.74, 6) is 0.894. The molecule has 0 radical (unpaired) electrons. The van der Waals surface area contributed by atoms with E-state index >= 15 is 0 Å². The van der Waals surface area contributed by atoms with Crippen LogP contribution in [0.25, 0.3) is 0 Å². The smallest absolute Gasteiger partial charge is 0.227 e. The third-order valence-corrected chi connectivity index (χ3v) is 6.04. The fourth-order valence-electron chi connectivity index (χ4n) is 2.68. The monoisotopic (exact) mass is 335 g/mol. The predicted molar refractivity (Wildman–Crippen MR) is 90.8 cm³/mol. The fourth-order valence-corrected chi connectivity index (χ4v) is 4.63. The highest BCUT2D eigenvalue weighted by molar-refractivity contribution is 7.99. The summed E-state index contributed by atoms with van der Waals surface area (Å²) >= 11 is 3.37. The Bertz CT molecular complexity index is 629. The van der Waals surface area contributed by atoms with E-state index in [9.17, 15) is 9.18 Å². The summed E-state index contributed by atoms with van der Waals surface area (Å²) in [4.78, 5) is 15.4. The Kier molecular flexibility index (Phi) is 5.16. The van der Waals surface area contributed by atoms with Crippen LogP contribution in [0.15, 0.2) is 41.8 Å². The van der Waals surface area contributed by atoms with E-state index in [1.165, 1.54) is 6.07 Å². The molecule has 2 aromatic rings. The Labute approximate surface area is 138 Å². The summed E-state index contributed by atoms with van der Waals surface area (Å²) in [5.41, 5.74) is 0.764. The van der Waals surface area contributed by atoms with Crippen LogP contribution >= 0.6 is 23.1 Å². The van der Waals surface area contributed by atoms with Crippen LogP contribution in [0.3, 0.4) is 0 Å². The molecule has 1 amide bonds. The van der Waals surface area contributed by atoms with Gasteiger partial charge in [0.05, 0.1) is 6.42 Å². The molecule has 1 aromatic carbocycles. The number of hydrogen-bond donors (Lipinski definition) is 0. The minimum atomic E-state index is -0.140. The van der Waals surface area contributed by atoms with Crippen LogP contribution in [0.1, 0.15) is 22.1 Å². The van der Waals surface area contributed by atoms with Gasteiger partial charge in [-0.25, -0.2) is 4.39 Å². The minimum Gasteiger partial charge on any atom is -0.342 e. The molecule has 0 aliphatic carbocycles. The van der Waals surface area contributed by atoms with Crippen LogP contribution in [0.5, 0.6) is 0 Å². The summed E-state index contributed by atoms with van der Waals surface area (Å²) in [6, 6.07) is 10.9. The zero-order valence-corrected chi connectivity index (χ0v) is 13.8. The average molecular weight is 335 g/mol. The number of carbonyl (C=O) groups is 1. The molecule has 1 atom stereocenters. The lowest BCUT2D eigenvalue weighted by atomic mass is 10.1. The predicted octanol–water partition coefficient (Wildman–Crippen LogP) is 4.14. The number of thioether (sulfide) groups is 1. The van der Waals surface area contributed by atoms with Crippen LogP contribution in [0.2, 0.25) is 0 Å². The van der Waals surface area contributed by atoms with E-state index in [0.717, 1.165) is 29.2 Å². The van der Waals surface area contributed by atoms with E-state index in [4.69, 9.17) is 0 Å². The van der Waals surface area contributed by atoms with E-state index in [1.807, 2.05) is 34.5 Å². The molecule has 1 aliphatic heterocycles. The largest absolute Gasteiger partial charge is 0.342 e. The number of nitrogens with zero attached hydrogens (tertiary/aromatic N) is 1. The first kappa shape index (κ1) is 15.6. The zero-order valence-electron chi connectivity index (χ0n) is 12.2. The molecule has 0 saturated carbocycles. The molecular weight excluding hydrogens is 317 g/mol. The molecule has 5 heteroatoms. The summed E-state index contributed by atoms with van der Waals surface area (Å²) in [6.45, 7) is 1.45. The molecule has 3 rings (SSSR count). The standard InChI is InChI=1S/C17H18FNOS2/c18-15-6-2-1-5-14(15)16-7-8-19(9-11-22-16)17(20)12-13-4-3-10-21-13/h1-6,10,16H,7-9,11-12H2/t16-/m0/s1. The molecule has 116 valence electrons. The number of benzene rings is 1. The van der Waals surface area contributed by atoms with Gasteiger partial charge in [0, 0.05) is 34.5 Å². The van der Waals surface area contributed by atoms with Gasteiger partial charge in [0.1, 0.15) is 5.82 Å². The first-order valence-corrected chi connectivity index (χ1v) is 9.33. The maximum Gasteiger partial charge on any atom is 0.227 e. The normalized spacial score (nSPS) is 19.0. The fraction of sp³-hybridized carbons (Fsp3) is 0.353. The Morgan fingerprint density at radius 1 is 1.23 bits per heavy atom. The van der Waals surface area contributed by atoms with Gasteiger partial charge in [-0.3, -0.25) is 4.79 Å². The highest BCUT2D eigenvalue weighted by Gasteiger charge is 2.23. The Balaban J connectivity index is 1.62. The van der Waals surface area contributed by atoms with Gasteiger partial charge in [-0.1, -0.05) is 24.3 Å². The van der Waals surface area contributed by atoms with Crippen molar-refractivity contribution in [1.82, 2.24) is 4.90 Å². The van der Waals surface area contributed by atoms with Crippen molar-refractivity contribution in [3.05, 3.63) is 58.0 Å². The lowest BCUT2D eigenvalue weighted by Crippen LogP contribution is -2.34. The van der Waals surface area contributed by atoms with E-state index in [1.54, 1.807) is 29.2 Å². The Hall–Kier alpha value is -1.33. The zero-order chi connectivity index (χ0) is 15.4. The van der Waals surface area contributed by atoms with Crippen molar-refractivity contribution in [3.63, 3.8) is 0 Å². The molecule has 1 saturated heterocycles. The van der Waals surface area contributed by atoms with Gasteiger partial charge in [-0.15, -0.1) is 11.3 Å². The van der Waals surface area contributed by atoms with Gasteiger partial charge in [0.25, 0.3) is 0 Å². The van der Waals surface area contributed by atoms with Gasteiger partial charge in [-0.2, -0.15) is 11.8 Å². The topological polar surface area (TPSA) is 20.3 Å². The van der Waals surface area contributed by atoms with Crippen molar-refractivity contribution < 1.29 is 9.18 Å². The highest BCUT2D eigenvalue weighted by Crippen LogP contribution is 2.35. The number of thiophene rings is 1. The lowest BCUT2D eigenvalue weighted by Gasteiger charge is -2.20. The SMILES string of the molecule is O=C(Cc1cccs1)N1CCS[C@H](c2ccccc2F)CC1. The molecule has 0 spiro atoms. The van der Waals surface area contributed by atoms with Crippen molar-refractivity contribution in [1.29, 1.82) is 0 Å². The summed E-state index contributed by atoms with van der Waals surface area (Å²) < 4.78 is 13.9. The van der Waals surface area contributed by atoms with Crippen molar-refractivity contribution in [2.45, 2.75) is 18.1 Å². The first-order chi connectivity index (χ1) is 10.7. The van der Waals surface area contributed by atoms with Gasteiger partial charge in [-0.05, 0) is 23.9 Å². The quantitative estimate of drug-likeness (QED) is 0.840. The molecule has 2 heterocycles. The maximum atomic E-state index is 13.9. The highest BCUT2D eigenvalue weighted by atomic mass is 32.2. The first-order valence-electron chi connectivity index (χ1n) is 7.40. The molecule has 0 N–H and O–H groups in total. The van der Waals surface area contributed by atoms with Crippen LogP contribution < -0.4 is 0 Å². The van der Waals surface area contributed by atoms with Crippen LogP contribution in [-0.2, 0) is 11.2 Å². The van der Waals surface area contributed by atoms with Crippen molar-refractivity contribution in [2.75, 3.05) is 18.8 Å². The van der Waals surface area contributed by atoms with Crippen molar-refractivity contribution in [2.24, 2.45) is 0 Å². The average Bonchev–Trinajstić information content (AvgIpc) is 2.90. The molecule has 1 aliphatic rings. The third-order valence-electron chi connectivity index (χ3n) is 3.85.